The first-order chi connectivity index (χ1) is 9.70. The van der Waals surface area contributed by atoms with Crippen LogP contribution in [0, 0.1) is 0 Å². The highest BCUT2D eigenvalue weighted by Crippen LogP contribution is 2.25. The van der Waals surface area contributed by atoms with Crippen molar-refractivity contribution in [2.75, 3.05) is 6.61 Å². The summed E-state index contributed by atoms with van der Waals surface area (Å²) in [5.41, 5.74) is 0.769. The Kier molecular flexibility index (Phi) is 5.18. The monoisotopic (exact) mass is 334 g/mol. The standard InChI is InChI=1S/C16H15BrO3/c1-2-19-16(18)15(12-7-4-3-5-8-12)20-14-10-6-9-13(17)11-14/h3-11,15H,2H2,1H3. The fourth-order valence-corrected chi connectivity index (χ4v) is 2.15. The third-order valence-corrected chi connectivity index (χ3v) is 3.15. The van der Waals surface area contributed by atoms with E-state index in [4.69, 9.17) is 9.47 Å². The van der Waals surface area contributed by atoms with Crippen molar-refractivity contribution in [3.8, 4) is 5.75 Å². The van der Waals surface area contributed by atoms with Gasteiger partial charge in [-0.05, 0) is 25.1 Å². The summed E-state index contributed by atoms with van der Waals surface area (Å²) < 4.78 is 11.8. The van der Waals surface area contributed by atoms with Crippen LogP contribution in [0.5, 0.6) is 5.75 Å². The molecule has 0 saturated carbocycles. The average Bonchev–Trinajstić information content (AvgIpc) is 2.46. The number of carbonyl (C=O) groups is 1. The summed E-state index contributed by atoms with van der Waals surface area (Å²) in [6, 6.07) is 16.7. The highest BCUT2D eigenvalue weighted by atomic mass is 79.9. The first-order valence-electron chi connectivity index (χ1n) is 6.34. The van der Waals surface area contributed by atoms with Gasteiger partial charge in [0.05, 0.1) is 6.61 Å². The molecule has 20 heavy (non-hydrogen) atoms. The van der Waals surface area contributed by atoms with Gasteiger partial charge < -0.3 is 9.47 Å². The fraction of sp³-hybridized carbons (Fsp3) is 0.188. The molecular weight excluding hydrogens is 320 g/mol. The second-order valence-corrected chi connectivity index (χ2v) is 5.03. The fourth-order valence-electron chi connectivity index (χ4n) is 1.77. The second-order valence-electron chi connectivity index (χ2n) is 4.12. The molecule has 2 aromatic carbocycles. The predicted octanol–water partition coefficient (Wildman–Crippen LogP) is 4.13. The van der Waals surface area contributed by atoms with Gasteiger partial charge in [-0.15, -0.1) is 0 Å². The molecular formula is C16H15BrO3. The molecule has 3 nitrogen and oxygen atoms in total. The molecule has 0 aromatic heterocycles. The van der Waals surface area contributed by atoms with E-state index in [0.717, 1.165) is 10.0 Å². The Morgan fingerprint density at radius 2 is 1.90 bits per heavy atom. The number of esters is 1. The summed E-state index contributed by atoms with van der Waals surface area (Å²) in [7, 11) is 0. The number of halogens is 1. The van der Waals surface area contributed by atoms with Crippen molar-refractivity contribution >= 4 is 21.9 Å². The van der Waals surface area contributed by atoms with Crippen molar-refractivity contribution in [1.82, 2.24) is 0 Å². The lowest BCUT2D eigenvalue weighted by molar-refractivity contribution is -0.151. The van der Waals surface area contributed by atoms with Crippen molar-refractivity contribution in [1.29, 1.82) is 0 Å². The number of benzene rings is 2. The van der Waals surface area contributed by atoms with E-state index in [9.17, 15) is 4.79 Å². The quantitative estimate of drug-likeness (QED) is 0.771. The maximum absolute atomic E-state index is 12.1. The van der Waals surface area contributed by atoms with E-state index in [1.807, 2.05) is 48.5 Å². The Morgan fingerprint density at radius 1 is 1.15 bits per heavy atom. The molecule has 0 saturated heterocycles. The highest BCUT2D eigenvalue weighted by molar-refractivity contribution is 9.10. The van der Waals surface area contributed by atoms with Crippen molar-refractivity contribution in [2.24, 2.45) is 0 Å². The molecule has 0 aliphatic heterocycles. The number of hydrogen-bond donors (Lipinski definition) is 0. The van der Waals surface area contributed by atoms with Crippen LogP contribution in [0.1, 0.15) is 18.6 Å². The molecule has 2 rings (SSSR count). The normalized spacial score (nSPS) is 11.7. The van der Waals surface area contributed by atoms with Crippen LogP contribution < -0.4 is 4.74 Å². The SMILES string of the molecule is CCOC(=O)C(Oc1cccc(Br)c1)c1ccccc1. The van der Waals surface area contributed by atoms with Gasteiger partial charge in [-0.2, -0.15) is 0 Å². The summed E-state index contributed by atoms with van der Waals surface area (Å²) in [4.78, 5) is 12.1. The Hall–Kier alpha value is -1.81. The van der Waals surface area contributed by atoms with E-state index in [-0.39, 0.29) is 0 Å². The van der Waals surface area contributed by atoms with Crippen molar-refractivity contribution in [3.05, 3.63) is 64.6 Å². The maximum atomic E-state index is 12.1. The van der Waals surface area contributed by atoms with Crippen LogP contribution in [0.25, 0.3) is 0 Å². The minimum atomic E-state index is -0.759. The summed E-state index contributed by atoms with van der Waals surface area (Å²) >= 11 is 3.38. The maximum Gasteiger partial charge on any atom is 0.352 e. The van der Waals surface area contributed by atoms with Gasteiger partial charge >= 0.3 is 5.97 Å². The van der Waals surface area contributed by atoms with Gasteiger partial charge in [-0.3, -0.25) is 0 Å². The molecule has 0 bridgehead atoms. The largest absolute Gasteiger partial charge is 0.474 e. The minimum absolute atomic E-state index is 0.323. The summed E-state index contributed by atoms with van der Waals surface area (Å²) in [5.74, 6) is 0.222. The summed E-state index contributed by atoms with van der Waals surface area (Å²) in [6.45, 7) is 2.10. The molecule has 104 valence electrons. The Bertz CT molecular complexity index is 569. The van der Waals surface area contributed by atoms with Gasteiger partial charge in [0.25, 0.3) is 0 Å². The van der Waals surface area contributed by atoms with Gasteiger partial charge in [0, 0.05) is 10.0 Å². The molecule has 4 heteroatoms. The van der Waals surface area contributed by atoms with Gasteiger partial charge in [0.2, 0.25) is 6.10 Å². The van der Waals surface area contributed by atoms with Crippen LogP contribution >= 0.6 is 15.9 Å². The van der Waals surface area contributed by atoms with Crippen molar-refractivity contribution in [2.45, 2.75) is 13.0 Å². The Labute approximate surface area is 126 Å². The van der Waals surface area contributed by atoms with Crippen LogP contribution in [0.15, 0.2) is 59.1 Å². The molecule has 0 aliphatic rings. The molecule has 0 fully saturated rings. The van der Waals surface area contributed by atoms with Crippen LogP contribution in [0.3, 0.4) is 0 Å². The lowest BCUT2D eigenvalue weighted by Crippen LogP contribution is -2.21. The van der Waals surface area contributed by atoms with Gasteiger partial charge in [-0.25, -0.2) is 4.79 Å². The zero-order valence-electron chi connectivity index (χ0n) is 11.1. The van der Waals surface area contributed by atoms with Crippen LogP contribution in [0.2, 0.25) is 0 Å². The van der Waals surface area contributed by atoms with Crippen molar-refractivity contribution < 1.29 is 14.3 Å². The first-order valence-corrected chi connectivity index (χ1v) is 7.14. The van der Waals surface area contributed by atoms with Crippen LogP contribution in [0.4, 0.5) is 0 Å². The number of hydrogen-bond acceptors (Lipinski definition) is 3. The highest BCUT2D eigenvalue weighted by Gasteiger charge is 2.23. The Morgan fingerprint density at radius 3 is 2.55 bits per heavy atom. The number of rotatable bonds is 5. The lowest BCUT2D eigenvalue weighted by atomic mass is 10.1. The third kappa shape index (κ3) is 3.84. The topological polar surface area (TPSA) is 35.5 Å². The molecule has 0 heterocycles. The summed E-state index contributed by atoms with van der Waals surface area (Å²) in [6.07, 6.45) is -0.759. The van der Waals surface area contributed by atoms with E-state index in [2.05, 4.69) is 15.9 Å². The molecule has 2 aromatic rings. The predicted molar refractivity (Wildman–Crippen MR) is 80.6 cm³/mol. The molecule has 1 unspecified atom stereocenters. The molecule has 0 radical (unpaired) electrons. The lowest BCUT2D eigenvalue weighted by Gasteiger charge is -2.18. The van der Waals surface area contributed by atoms with E-state index in [1.165, 1.54) is 0 Å². The van der Waals surface area contributed by atoms with Crippen LogP contribution in [-0.2, 0) is 9.53 Å². The first kappa shape index (κ1) is 14.6. The molecule has 0 aliphatic carbocycles. The zero-order chi connectivity index (χ0) is 14.4. The Balaban J connectivity index is 2.25. The molecule has 0 amide bonds. The second kappa shape index (κ2) is 7.10. The van der Waals surface area contributed by atoms with Gasteiger partial charge in [-0.1, -0.05) is 52.3 Å². The van der Waals surface area contributed by atoms with Gasteiger partial charge in [0.15, 0.2) is 0 Å². The zero-order valence-corrected chi connectivity index (χ0v) is 12.7. The molecule has 0 N–H and O–H groups in total. The van der Waals surface area contributed by atoms with Gasteiger partial charge in [0.1, 0.15) is 5.75 Å². The van der Waals surface area contributed by atoms with Crippen molar-refractivity contribution in [3.63, 3.8) is 0 Å². The third-order valence-electron chi connectivity index (χ3n) is 2.65. The smallest absolute Gasteiger partial charge is 0.352 e. The average molecular weight is 335 g/mol. The summed E-state index contributed by atoms with van der Waals surface area (Å²) in [5, 5.41) is 0. The minimum Gasteiger partial charge on any atom is -0.474 e. The molecule has 1 atom stereocenters. The van der Waals surface area contributed by atoms with Crippen LogP contribution in [-0.4, -0.2) is 12.6 Å². The van der Waals surface area contributed by atoms with E-state index < -0.39 is 12.1 Å². The number of carbonyl (C=O) groups excluding carboxylic acids is 1. The van der Waals surface area contributed by atoms with E-state index in [0.29, 0.717) is 12.4 Å². The van der Waals surface area contributed by atoms with E-state index in [1.54, 1.807) is 13.0 Å². The number of ether oxygens (including phenoxy) is 2. The van der Waals surface area contributed by atoms with E-state index >= 15 is 0 Å². The molecule has 0 spiro atoms.